The first-order chi connectivity index (χ1) is 11.2. The van der Waals surface area contributed by atoms with Crippen LogP contribution >= 0.6 is 0 Å². The highest BCUT2D eigenvalue weighted by Gasteiger charge is 2.23. The Morgan fingerprint density at radius 2 is 1.91 bits per heavy atom. The summed E-state index contributed by atoms with van der Waals surface area (Å²) in [6, 6.07) is 4.85. The number of nitrogens with zero attached hydrogens (tertiary/aromatic N) is 1. The molecule has 0 spiro atoms. The van der Waals surface area contributed by atoms with E-state index in [0.29, 0.717) is 30.6 Å². The van der Waals surface area contributed by atoms with Gasteiger partial charge in [0.15, 0.2) is 11.5 Å². The number of piperidine rings is 1. The Morgan fingerprint density at radius 3 is 2.61 bits per heavy atom. The lowest BCUT2D eigenvalue weighted by Crippen LogP contribution is -2.33. The van der Waals surface area contributed by atoms with Crippen molar-refractivity contribution in [1.82, 2.24) is 4.90 Å². The Hall–Kier alpha value is -1.75. The second-order valence-corrected chi connectivity index (χ2v) is 6.47. The van der Waals surface area contributed by atoms with Gasteiger partial charge in [-0.3, -0.25) is 4.90 Å². The normalized spacial score (nSPS) is 18.6. The molecule has 5 heteroatoms. The van der Waals surface area contributed by atoms with E-state index in [0.717, 1.165) is 19.6 Å². The van der Waals surface area contributed by atoms with Gasteiger partial charge in [0.05, 0.1) is 12.2 Å². The van der Waals surface area contributed by atoms with Crippen molar-refractivity contribution >= 4 is 5.97 Å². The van der Waals surface area contributed by atoms with Gasteiger partial charge in [-0.1, -0.05) is 6.42 Å². The van der Waals surface area contributed by atoms with Crippen LogP contribution < -0.4 is 9.47 Å². The minimum atomic E-state index is -0.943. The zero-order chi connectivity index (χ0) is 16.1. The third-order valence-corrected chi connectivity index (χ3v) is 4.48. The van der Waals surface area contributed by atoms with Gasteiger partial charge < -0.3 is 14.6 Å². The second kappa shape index (κ2) is 7.68. The average Bonchev–Trinajstić information content (AvgIpc) is 3.39. The SMILES string of the molecule is O=C(O)c1ccc(OCCN2CCCCC2)c(OCC2CC2)c1. The van der Waals surface area contributed by atoms with E-state index in [1.165, 1.54) is 32.1 Å². The number of hydrogen-bond acceptors (Lipinski definition) is 4. The van der Waals surface area contributed by atoms with Gasteiger partial charge in [-0.2, -0.15) is 0 Å². The van der Waals surface area contributed by atoms with Crippen molar-refractivity contribution in [3.05, 3.63) is 23.8 Å². The van der Waals surface area contributed by atoms with Crippen molar-refractivity contribution in [2.45, 2.75) is 32.1 Å². The lowest BCUT2D eigenvalue weighted by molar-refractivity contribution is 0.0696. The summed E-state index contributed by atoms with van der Waals surface area (Å²) in [6.45, 7) is 4.44. The van der Waals surface area contributed by atoms with Crippen molar-refractivity contribution < 1.29 is 19.4 Å². The summed E-state index contributed by atoms with van der Waals surface area (Å²) in [7, 11) is 0. The fourth-order valence-corrected chi connectivity index (χ4v) is 2.83. The molecule has 0 aromatic heterocycles. The third kappa shape index (κ3) is 4.86. The average molecular weight is 319 g/mol. The van der Waals surface area contributed by atoms with Gasteiger partial charge >= 0.3 is 5.97 Å². The van der Waals surface area contributed by atoms with Crippen LogP contribution in [0, 0.1) is 5.92 Å². The molecule has 23 heavy (non-hydrogen) atoms. The fraction of sp³-hybridized carbons (Fsp3) is 0.611. The molecule has 1 saturated heterocycles. The van der Waals surface area contributed by atoms with E-state index >= 15 is 0 Å². The highest BCUT2D eigenvalue weighted by atomic mass is 16.5. The van der Waals surface area contributed by atoms with Crippen LogP contribution in [0.2, 0.25) is 0 Å². The molecule has 0 atom stereocenters. The summed E-state index contributed by atoms with van der Waals surface area (Å²) in [5.41, 5.74) is 0.235. The number of ether oxygens (including phenoxy) is 2. The van der Waals surface area contributed by atoms with Crippen molar-refractivity contribution in [2.24, 2.45) is 5.92 Å². The lowest BCUT2D eigenvalue weighted by atomic mass is 10.1. The van der Waals surface area contributed by atoms with E-state index in [2.05, 4.69) is 4.90 Å². The van der Waals surface area contributed by atoms with Crippen LogP contribution in [0.4, 0.5) is 0 Å². The van der Waals surface area contributed by atoms with E-state index in [9.17, 15) is 4.79 Å². The minimum absolute atomic E-state index is 0.235. The number of likely N-dealkylation sites (tertiary alicyclic amines) is 1. The van der Waals surface area contributed by atoms with Gasteiger partial charge in [0.1, 0.15) is 6.61 Å². The summed E-state index contributed by atoms with van der Waals surface area (Å²) < 4.78 is 11.7. The Labute approximate surface area is 137 Å². The molecule has 5 nitrogen and oxygen atoms in total. The van der Waals surface area contributed by atoms with Gasteiger partial charge in [-0.15, -0.1) is 0 Å². The molecule has 0 amide bonds. The van der Waals surface area contributed by atoms with Crippen LogP contribution in [0.15, 0.2) is 18.2 Å². The zero-order valence-electron chi connectivity index (χ0n) is 13.5. The summed E-state index contributed by atoms with van der Waals surface area (Å²) in [6.07, 6.45) is 6.26. The molecule has 1 aliphatic carbocycles. The lowest BCUT2D eigenvalue weighted by Gasteiger charge is -2.26. The topological polar surface area (TPSA) is 59.0 Å². The Kier molecular flexibility index (Phi) is 5.39. The van der Waals surface area contributed by atoms with Gasteiger partial charge in [0.2, 0.25) is 0 Å². The first kappa shape index (κ1) is 16.1. The van der Waals surface area contributed by atoms with Gasteiger partial charge in [-0.25, -0.2) is 4.79 Å². The molecule has 1 N–H and O–H groups in total. The molecule has 0 radical (unpaired) electrons. The molecule has 0 bridgehead atoms. The van der Waals surface area contributed by atoms with Crippen molar-refractivity contribution in [3.63, 3.8) is 0 Å². The third-order valence-electron chi connectivity index (χ3n) is 4.48. The minimum Gasteiger partial charge on any atom is -0.489 e. The number of carboxylic acid groups (broad SMARTS) is 1. The Morgan fingerprint density at radius 1 is 1.13 bits per heavy atom. The molecular formula is C18H25NO4. The van der Waals surface area contributed by atoms with Crippen LogP contribution in [0.3, 0.4) is 0 Å². The number of benzene rings is 1. The van der Waals surface area contributed by atoms with E-state index in [-0.39, 0.29) is 5.56 Å². The van der Waals surface area contributed by atoms with Crippen LogP contribution in [0.25, 0.3) is 0 Å². The maximum absolute atomic E-state index is 11.1. The standard InChI is InChI=1S/C18H25NO4/c20-18(21)15-6-7-16(17(12-15)23-13-14-4-5-14)22-11-10-19-8-2-1-3-9-19/h6-7,12,14H,1-5,8-11,13H2,(H,20,21). The van der Waals surface area contributed by atoms with E-state index in [1.54, 1.807) is 18.2 Å². The number of aromatic carboxylic acids is 1. The van der Waals surface area contributed by atoms with Crippen molar-refractivity contribution in [2.75, 3.05) is 32.8 Å². The van der Waals surface area contributed by atoms with Gasteiger partial charge in [0, 0.05) is 6.54 Å². The summed E-state index contributed by atoms with van der Waals surface area (Å²) in [4.78, 5) is 13.5. The zero-order valence-corrected chi connectivity index (χ0v) is 13.5. The highest BCUT2D eigenvalue weighted by Crippen LogP contribution is 2.33. The predicted molar refractivity (Wildman–Crippen MR) is 87.4 cm³/mol. The predicted octanol–water partition coefficient (Wildman–Crippen LogP) is 3.04. The van der Waals surface area contributed by atoms with E-state index < -0.39 is 5.97 Å². The molecule has 1 aromatic carbocycles. The number of carboxylic acids is 1. The van der Waals surface area contributed by atoms with Crippen LogP contribution in [0.1, 0.15) is 42.5 Å². The number of hydrogen-bond donors (Lipinski definition) is 1. The van der Waals surface area contributed by atoms with Crippen molar-refractivity contribution in [3.8, 4) is 11.5 Å². The second-order valence-electron chi connectivity index (χ2n) is 6.47. The Balaban J connectivity index is 1.57. The molecule has 1 saturated carbocycles. The number of rotatable bonds is 8. The van der Waals surface area contributed by atoms with E-state index in [1.807, 2.05) is 0 Å². The first-order valence-electron chi connectivity index (χ1n) is 8.57. The largest absolute Gasteiger partial charge is 0.489 e. The Bertz CT molecular complexity index is 536. The molecular weight excluding hydrogens is 294 g/mol. The molecule has 126 valence electrons. The maximum Gasteiger partial charge on any atom is 0.335 e. The summed E-state index contributed by atoms with van der Waals surface area (Å²) in [5.74, 6) is 0.869. The fourth-order valence-electron chi connectivity index (χ4n) is 2.83. The van der Waals surface area contributed by atoms with Crippen molar-refractivity contribution in [1.29, 1.82) is 0 Å². The summed E-state index contributed by atoms with van der Waals surface area (Å²) >= 11 is 0. The smallest absolute Gasteiger partial charge is 0.335 e. The van der Waals surface area contributed by atoms with Gasteiger partial charge in [-0.05, 0) is 62.9 Å². The first-order valence-corrected chi connectivity index (χ1v) is 8.57. The van der Waals surface area contributed by atoms with E-state index in [4.69, 9.17) is 14.6 Å². The quantitative estimate of drug-likeness (QED) is 0.798. The molecule has 1 aliphatic heterocycles. The van der Waals surface area contributed by atoms with Gasteiger partial charge in [0.25, 0.3) is 0 Å². The highest BCUT2D eigenvalue weighted by molar-refractivity contribution is 5.88. The molecule has 2 aliphatic rings. The van der Waals surface area contributed by atoms with Crippen LogP contribution in [-0.2, 0) is 0 Å². The molecule has 1 aromatic rings. The monoisotopic (exact) mass is 319 g/mol. The molecule has 3 rings (SSSR count). The summed E-state index contributed by atoms with van der Waals surface area (Å²) in [5, 5.41) is 9.13. The maximum atomic E-state index is 11.1. The molecule has 0 unspecified atom stereocenters. The molecule has 2 fully saturated rings. The number of carbonyl (C=O) groups is 1. The van der Waals surface area contributed by atoms with Crippen LogP contribution in [0.5, 0.6) is 11.5 Å². The molecule has 1 heterocycles. The van der Waals surface area contributed by atoms with Crippen LogP contribution in [-0.4, -0.2) is 48.8 Å².